The highest BCUT2D eigenvalue weighted by molar-refractivity contribution is 7.35. The number of hydrogen-bond acceptors (Lipinski definition) is 0. The van der Waals surface area contributed by atoms with Crippen molar-refractivity contribution in [3.63, 3.8) is 0 Å². The molecule has 0 atom stereocenters. The SMILES string of the molecule is Cc1cc(C)c([Si](C)[Si][Si])c(C)c1. The summed E-state index contributed by atoms with van der Waals surface area (Å²) >= 11 is 0. The fourth-order valence-electron chi connectivity index (χ4n) is 1.83. The highest BCUT2D eigenvalue weighted by Gasteiger charge is 2.11. The van der Waals surface area contributed by atoms with E-state index in [0.29, 0.717) is 0 Å². The Morgan fingerprint density at radius 3 is 2.00 bits per heavy atom. The molecule has 13 heavy (non-hydrogen) atoms. The van der Waals surface area contributed by atoms with Crippen LogP contribution in [0.2, 0.25) is 6.55 Å². The van der Waals surface area contributed by atoms with Crippen molar-refractivity contribution in [1.82, 2.24) is 0 Å². The molecule has 0 aromatic heterocycles. The molecular formula is C10H14Si3. The second kappa shape index (κ2) is 4.39. The quantitative estimate of drug-likeness (QED) is 0.655. The number of hydrogen-bond donors (Lipinski definition) is 0. The van der Waals surface area contributed by atoms with Crippen LogP contribution in [0.4, 0.5) is 0 Å². The Labute approximate surface area is 88.2 Å². The van der Waals surface area contributed by atoms with Crippen LogP contribution in [0.25, 0.3) is 0 Å². The van der Waals surface area contributed by atoms with Crippen LogP contribution in [0.15, 0.2) is 12.1 Å². The Hall–Kier alpha value is -0.129. The van der Waals surface area contributed by atoms with Crippen LogP contribution in [-0.2, 0) is 0 Å². The Morgan fingerprint density at radius 2 is 1.62 bits per heavy atom. The normalized spacial score (nSPS) is 10.9. The third-order valence-electron chi connectivity index (χ3n) is 2.24. The molecule has 0 N–H and O–H groups in total. The van der Waals surface area contributed by atoms with Crippen molar-refractivity contribution >= 4 is 31.8 Å². The van der Waals surface area contributed by atoms with E-state index in [9.17, 15) is 0 Å². The van der Waals surface area contributed by atoms with Gasteiger partial charge in [0.05, 0.1) is 8.31 Å². The van der Waals surface area contributed by atoms with Crippen molar-refractivity contribution in [2.75, 3.05) is 0 Å². The smallest absolute Gasteiger partial charge is 0.0651 e. The van der Waals surface area contributed by atoms with Crippen LogP contribution in [0.1, 0.15) is 16.7 Å². The summed E-state index contributed by atoms with van der Waals surface area (Å²) in [5.74, 6) is 0. The Balaban J connectivity index is 3.20. The van der Waals surface area contributed by atoms with E-state index in [4.69, 9.17) is 0 Å². The van der Waals surface area contributed by atoms with E-state index in [1.54, 1.807) is 5.19 Å². The molecular weight excluding hydrogens is 204 g/mol. The Morgan fingerprint density at radius 1 is 1.15 bits per heavy atom. The number of rotatable bonds is 2. The number of benzene rings is 1. The minimum Gasteiger partial charge on any atom is -0.0696 e. The topological polar surface area (TPSA) is 0 Å². The summed E-state index contributed by atoms with van der Waals surface area (Å²) in [6, 6.07) is 4.59. The van der Waals surface area contributed by atoms with Gasteiger partial charge in [-0.2, -0.15) is 0 Å². The van der Waals surface area contributed by atoms with Gasteiger partial charge in [-0.25, -0.2) is 0 Å². The van der Waals surface area contributed by atoms with Crippen molar-refractivity contribution in [1.29, 1.82) is 0 Å². The molecule has 1 aromatic carbocycles. The van der Waals surface area contributed by atoms with Gasteiger partial charge >= 0.3 is 0 Å². The molecule has 3 heteroatoms. The first kappa shape index (κ1) is 10.9. The van der Waals surface area contributed by atoms with Crippen LogP contribution >= 0.6 is 0 Å². The zero-order valence-corrected chi connectivity index (χ0v) is 11.7. The van der Waals surface area contributed by atoms with Crippen molar-refractivity contribution in [2.45, 2.75) is 27.3 Å². The summed E-state index contributed by atoms with van der Waals surface area (Å²) in [5.41, 5.74) is 4.32. The standard InChI is InChI=1S/C10H14Si3/c1-7-5-8(2)10(9(3)6-7)13(4)12-11/h5-6H,1-4H3. The summed E-state index contributed by atoms with van der Waals surface area (Å²) in [7, 11) is 4.22. The first-order chi connectivity index (χ1) is 6.06. The molecule has 0 aliphatic carbocycles. The van der Waals surface area contributed by atoms with E-state index in [1.165, 1.54) is 16.7 Å². The summed E-state index contributed by atoms with van der Waals surface area (Å²) in [6.45, 7) is 9.01. The maximum atomic E-state index is 3.66. The summed E-state index contributed by atoms with van der Waals surface area (Å²) in [5, 5.41) is 1.61. The molecule has 0 saturated carbocycles. The van der Waals surface area contributed by atoms with Gasteiger partial charge in [-0.1, -0.05) is 40.6 Å². The second-order valence-electron chi connectivity index (χ2n) is 3.52. The first-order valence-corrected chi connectivity index (χ1v) is 9.90. The van der Waals surface area contributed by atoms with E-state index in [1.807, 2.05) is 0 Å². The van der Waals surface area contributed by atoms with Gasteiger partial charge in [-0.15, -0.1) is 0 Å². The highest BCUT2D eigenvalue weighted by atomic mass is 29.5. The fourth-order valence-corrected chi connectivity index (χ4v) is 5.97. The molecule has 0 aliphatic heterocycles. The van der Waals surface area contributed by atoms with Gasteiger partial charge < -0.3 is 0 Å². The van der Waals surface area contributed by atoms with E-state index >= 15 is 0 Å². The van der Waals surface area contributed by atoms with Crippen LogP contribution in [0.5, 0.6) is 0 Å². The predicted octanol–water partition coefficient (Wildman–Crippen LogP) is 1.23. The number of aryl methyl sites for hydroxylation is 3. The maximum absolute atomic E-state index is 3.66. The summed E-state index contributed by atoms with van der Waals surface area (Å²) in [6.07, 6.45) is 0. The lowest BCUT2D eigenvalue weighted by Crippen LogP contribution is -2.37. The average Bonchev–Trinajstić information content (AvgIpc) is 2.02. The molecule has 0 fully saturated rings. The summed E-state index contributed by atoms with van der Waals surface area (Å²) in [4.78, 5) is 0. The van der Waals surface area contributed by atoms with Gasteiger partial charge in [0.15, 0.2) is 0 Å². The molecule has 0 amide bonds. The van der Waals surface area contributed by atoms with E-state index < -0.39 is 0 Å². The van der Waals surface area contributed by atoms with Gasteiger partial charge in [-0.05, 0) is 20.8 Å². The molecule has 66 valence electrons. The van der Waals surface area contributed by atoms with E-state index in [2.05, 4.69) is 49.2 Å². The second-order valence-corrected chi connectivity index (χ2v) is 10.8. The molecule has 1 rings (SSSR count). The lowest BCUT2D eigenvalue weighted by Gasteiger charge is -2.15. The fraction of sp³-hybridized carbons (Fsp3) is 0.400. The van der Waals surface area contributed by atoms with Crippen LogP contribution in [-0.4, -0.2) is 26.6 Å². The third kappa shape index (κ3) is 2.42. The van der Waals surface area contributed by atoms with Crippen molar-refractivity contribution in [3.8, 4) is 0 Å². The predicted molar refractivity (Wildman–Crippen MR) is 63.4 cm³/mol. The first-order valence-electron chi connectivity index (χ1n) is 4.40. The molecule has 0 heterocycles. The monoisotopic (exact) mass is 218 g/mol. The zero-order chi connectivity index (χ0) is 10.0. The van der Waals surface area contributed by atoms with Crippen LogP contribution < -0.4 is 5.19 Å². The van der Waals surface area contributed by atoms with Crippen molar-refractivity contribution in [3.05, 3.63) is 28.8 Å². The molecule has 1 aromatic rings. The molecule has 0 aliphatic rings. The lowest BCUT2D eigenvalue weighted by atomic mass is 10.1. The molecule has 0 spiro atoms. The minimum atomic E-state index is -0.342. The Bertz CT molecular complexity index is 284. The van der Waals surface area contributed by atoms with Crippen molar-refractivity contribution in [2.24, 2.45) is 0 Å². The molecule has 0 unspecified atom stereocenters. The zero-order valence-electron chi connectivity index (χ0n) is 8.65. The van der Waals surface area contributed by atoms with Gasteiger partial charge in [0.2, 0.25) is 0 Å². The van der Waals surface area contributed by atoms with Gasteiger partial charge in [0.25, 0.3) is 0 Å². The van der Waals surface area contributed by atoms with Crippen LogP contribution in [0.3, 0.4) is 0 Å². The van der Waals surface area contributed by atoms with Gasteiger partial charge in [0.1, 0.15) is 0 Å². The third-order valence-corrected chi connectivity index (χ3v) is 9.40. The van der Waals surface area contributed by atoms with E-state index in [-0.39, 0.29) is 8.31 Å². The summed E-state index contributed by atoms with van der Waals surface area (Å²) < 4.78 is 0. The molecule has 6 radical (unpaired) electrons. The highest BCUT2D eigenvalue weighted by Crippen LogP contribution is 2.06. The molecule has 0 nitrogen and oxygen atoms in total. The maximum Gasteiger partial charge on any atom is 0.0651 e. The molecule has 0 saturated heterocycles. The van der Waals surface area contributed by atoms with Gasteiger partial charge in [-0.3, -0.25) is 0 Å². The average molecular weight is 218 g/mol. The van der Waals surface area contributed by atoms with Crippen LogP contribution in [0, 0.1) is 20.8 Å². The Kier molecular flexibility index (Phi) is 3.70. The van der Waals surface area contributed by atoms with Gasteiger partial charge in [0, 0.05) is 18.3 Å². The lowest BCUT2D eigenvalue weighted by molar-refractivity contribution is 1.35. The van der Waals surface area contributed by atoms with E-state index in [0.717, 1.165) is 8.55 Å². The van der Waals surface area contributed by atoms with Crippen molar-refractivity contribution < 1.29 is 0 Å². The minimum absolute atomic E-state index is 0.342. The largest absolute Gasteiger partial charge is 0.0696 e. The molecule has 0 bridgehead atoms.